The van der Waals surface area contributed by atoms with Gasteiger partial charge in [0, 0.05) is 54.5 Å². The zero-order valence-corrected chi connectivity index (χ0v) is 16.3. The second kappa shape index (κ2) is 7.40. The van der Waals surface area contributed by atoms with E-state index in [1.807, 2.05) is 11.1 Å². The minimum atomic E-state index is 0.0933. The van der Waals surface area contributed by atoms with Crippen LogP contribution >= 0.6 is 11.3 Å². The molecule has 0 radical (unpaired) electrons. The fraction of sp³-hybridized carbons (Fsp3) is 0.579. The molecular weight excluding hydrogens is 346 g/mol. The van der Waals surface area contributed by atoms with Crippen LogP contribution in [0.5, 0.6) is 0 Å². The monoisotopic (exact) mass is 373 g/mol. The summed E-state index contributed by atoms with van der Waals surface area (Å²) in [6.07, 6.45) is 5.19. The van der Waals surface area contributed by atoms with Gasteiger partial charge in [-0.25, -0.2) is 9.78 Å². The third-order valence-corrected chi connectivity index (χ3v) is 6.57. The normalized spacial score (nSPS) is 23.8. The maximum absolute atomic E-state index is 12.6. The lowest BCUT2D eigenvalue weighted by molar-refractivity contribution is 0.189. The summed E-state index contributed by atoms with van der Waals surface area (Å²) in [7, 11) is 4.24. The standard InChI is InChI=1S/C19H27N5OS/c1-22(2)15-4-3-14(13-15)21-19(25)24-10-8-23(9-11-24)18-16-6-12-26-17(16)5-7-20-18/h5-7,12,14-15H,3-4,8-11,13H2,1-2H3,(H,21,25)/t14-,15+/m1/s1. The number of rotatable bonds is 3. The number of hydrogen-bond donors (Lipinski definition) is 1. The molecule has 0 spiro atoms. The fourth-order valence-corrected chi connectivity index (χ4v) is 4.85. The van der Waals surface area contributed by atoms with Crippen molar-refractivity contribution in [3.05, 3.63) is 23.7 Å². The molecule has 2 fully saturated rings. The Morgan fingerprint density at radius 2 is 2.04 bits per heavy atom. The molecule has 2 amide bonds. The Morgan fingerprint density at radius 1 is 1.23 bits per heavy atom. The van der Waals surface area contributed by atoms with Crippen LogP contribution in [0.3, 0.4) is 0 Å². The summed E-state index contributed by atoms with van der Waals surface area (Å²) in [5.74, 6) is 1.05. The van der Waals surface area contributed by atoms with E-state index in [4.69, 9.17) is 0 Å². The molecule has 2 aromatic rings. The first kappa shape index (κ1) is 17.5. The molecule has 2 aromatic heterocycles. The van der Waals surface area contributed by atoms with Gasteiger partial charge in [-0.15, -0.1) is 11.3 Å². The molecule has 0 aromatic carbocycles. The van der Waals surface area contributed by atoms with Gasteiger partial charge >= 0.3 is 6.03 Å². The van der Waals surface area contributed by atoms with Gasteiger partial charge in [0.05, 0.1) is 0 Å². The predicted octanol–water partition coefficient (Wildman–Crippen LogP) is 2.61. The quantitative estimate of drug-likeness (QED) is 0.899. The SMILES string of the molecule is CN(C)[C@H]1CC[C@@H](NC(=O)N2CCN(c3nccc4sccc34)CC2)C1. The minimum absolute atomic E-state index is 0.0933. The number of nitrogens with one attached hydrogen (secondary N) is 1. The maximum atomic E-state index is 12.6. The molecule has 1 aliphatic carbocycles. The summed E-state index contributed by atoms with van der Waals surface area (Å²) in [4.78, 5) is 23.7. The average Bonchev–Trinajstić information content (AvgIpc) is 3.30. The van der Waals surface area contributed by atoms with E-state index in [0.717, 1.165) is 44.8 Å². The molecule has 1 saturated carbocycles. The summed E-state index contributed by atoms with van der Waals surface area (Å²) in [5.41, 5.74) is 0. The van der Waals surface area contributed by atoms with Crippen LogP contribution < -0.4 is 10.2 Å². The molecule has 1 N–H and O–H groups in total. The van der Waals surface area contributed by atoms with E-state index in [2.05, 4.69) is 51.7 Å². The molecule has 140 valence electrons. The van der Waals surface area contributed by atoms with E-state index in [1.54, 1.807) is 11.3 Å². The van der Waals surface area contributed by atoms with E-state index < -0.39 is 0 Å². The lowest BCUT2D eigenvalue weighted by Crippen LogP contribution is -2.53. The summed E-state index contributed by atoms with van der Waals surface area (Å²) in [5, 5.41) is 6.57. The Bertz CT molecular complexity index is 768. The van der Waals surface area contributed by atoms with Crippen molar-refractivity contribution in [3.8, 4) is 0 Å². The van der Waals surface area contributed by atoms with E-state index in [1.165, 1.54) is 16.5 Å². The van der Waals surface area contributed by atoms with Gasteiger partial charge in [-0.1, -0.05) is 0 Å². The number of pyridine rings is 1. The summed E-state index contributed by atoms with van der Waals surface area (Å²) < 4.78 is 1.27. The minimum Gasteiger partial charge on any atom is -0.353 e. The van der Waals surface area contributed by atoms with E-state index >= 15 is 0 Å². The number of anilines is 1. The van der Waals surface area contributed by atoms with Crippen LogP contribution in [0, 0.1) is 0 Å². The first-order chi connectivity index (χ1) is 12.6. The number of carbonyl (C=O) groups excluding carboxylic acids is 1. The maximum Gasteiger partial charge on any atom is 0.317 e. The van der Waals surface area contributed by atoms with Crippen molar-refractivity contribution in [1.29, 1.82) is 0 Å². The van der Waals surface area contributed by atoms with Crippen LogP contribution in [0.25, 0.3) is 10.1 Å². The Hall–Kier alpha value is -1.86. The molecular formula is C19H27N5OS. The van der Waals surface area contributed by atoms with E-state index in [9.17, 15) is 4.79 Å². The molecule has 0 unspecified atom stereocenters. The highest BCUT2D eigenvalue weighted by molar-refractivity contribution is 7.17. The Balaban J connectivity index is 1.32. The molecule has 4 rings (SSSR count). The van der Waals surface area contributed by atoms with Crippen molar-refractivity contribution in [2.45, 2.75) is 31.3 Å². The number of piperazine rings is 1. The van der Waals surface area contributed by atoms with Crippen LogP contribution in [0.4, 0.5) is 10.6 Å². The van der Waals surface area contributed by atoms with Gasteiger partial charge in [0.15, 0.2) is 0 Å². The van der Waals surface area contributed by atoms with Crippen LogP contribution in [0.15, 0.2) is 23.7 Å². The lowest BCUT2D eigenvalue weighted by Gasteiger charge is -2.36. The van der Waals surface area contributed by atoms with Gasteiger partial charge in [0.25, 0.3) is 0 Å². The number of urea groups is 1. The molecule has 2 aliphatic rings. The van der Waals surface area contributed by atoms with Crippen molar-refractivity contribution in [2.24, 2.45) is 0 Å². The molecule has 1 saturated heterocycles. The highest BCUT2D eigenvalue weighted by Crippen LogP contribution is 2.29. The molecule has 26 heavy (non-hydrogen) atoms. The smallest absolute Gasteiger partial charge is 0.317 e. The third-order valence-electron chi connectivity index (χ3n) is 5.69. The molecule has 2 atom stereocenters. The summed E-state index contributed by atoms with van der Waals surface area (Å²) in [6.45, 7) is 3.16. The third kappa shape index (κ3) is 3.50. The number of thiophene rings is 1. The highest BCUT2D eigenvalue weighted by Gasteiger charge is 2.29. The second-order valence-corrected chi connectivity index (χ2v) is 8.47. The average molecular weight is 374 g/mol. The topological polar surface area (TPSA) is 51.7 Å². The van der Waals surface area contributed by atoms with Gasteiger partial charge in [0.1, 0.15) is 5.82 Å². The zero-order chi connectivity index (χ0) is 18.1. The first-order valence-corrected chi connectivity index (χ1v) is 10.3. The molecule has 1 aliphatic heterocycles. The second-order valence-electron chi connectivity index (χ2n) is 7.52. The van der Waals surface area contributed by atoms with Gasteiger partial charge in [-0.05, 0) is 50.9 Å². The Morgan fingerprint density at radius 3 is 2.77 bits per heavy atom. The van der Waals surface area contributed by atoms with Gasteiger partial charge < -0.3 is 20.0 Å². The molecule has 7 heteroatoms. The number of aromatic nitrogens is 1. The largest absolute Gasteiger partial charge is 0.353 e. The highest BCUT2D eigenvalue weighted by atomic mass is 32.1. The Labute approximate surface area is 158 Å². The van der Waals surface area contributed by atoms with Crippen LogP contribution in [0.1, 0.15) is 19.3 Å². The molecule has 3 heterocycles. The van der Waals surface area contributed by atoms with Crippen LogP contribution in [-0.4, -0.2) is 73.2 Å². The van der Waals surface area contributed by atoms with Crippen LogP contribution in [0.2, 0.25) is 0 Å². The van der Waals surface area contributed by atoms with E-state index in [0.29, 0.717) is 12.1 Å². The van der Waals surface area contributed by atoms with Crippen molar-refractivity contribution >= 4 is 33.3 Å². The first-order valence-electron chi connectivity index (χ1n) is 9.41. The number of nitrogens with zero attached hydrogens (tertiary/aromatic N) is 4. The molecule has 0 bridgehead atoms. The van der Waals surface area contributed by atoms with Gasteiger partial charge in [-0.3, -0.25) is 0 Å². The fourth-order valence-electron chi connectivity index (χ4n) is 4.08. The Kier molecular flexibility index (Phi) is 5.00. The van der Waals surface area contributed by atoms with Gasteiger partial charge in [-0.2, -0.15) is 0 Å². The van der Waals surface area contributed by atoms with Crippen molar-refractivity contribution in [1.82, 2.24) is 20.1 Å². The van der Waals surface area contributed by atoms with Crippen molar-refractivity contribution < 1.29 is 4.79 Å². The number of carbonyl (C=O) groups is 1. The number of hydrogen-bond acceptors (Lipinski definition) is 5. The lowest BCUT2D eigenvalue weighted by atomic mass is 10.2. The molecule has 6 nitrogen and oxygen atoms in total. The number of fused-ring (bicyclic) bond motifs is 1. The predicted molar refractivity (Wildman–Crippen MR) is 107 cm³/mol. The summed E-state index contributed by atoms with van der Waals surface area (Å²) >= 11 is 1.75. The zero-order valence-electron chi connectivity index (χ0n) is 15.5. The van der Waals surface area contributed by atoms with Crippen molar-refractivity contribution in [2.75, 3.05) is 45.2 Å². The van der Waals surface area contributed by atoms with Crippen LogP contribution in [-0.2, 0) is 0 Å². The summed E-state index contributed by atoms with van der Waals surface area (Å²) in [6, 6.07) is 5.21. The number of amides is 2. The van der Waals surface area contributed by atoms with Crippen molar-refractivity contribution in [3.63, 3.8) is 0 Å². The van der Waals surface area contributed by atoms with E-state index in [-0.39, 0.29) is 6.03 Å². The van der Waals surface area contributed by atoms with Gasteiger partial charge in [0.2, 0.25) is 0 Å².